The fraction of sp³-hybridized carbons (Fsp3) is 0.167. The maximum atomic E-state index is 2.68. The van der Waals surface area contributed by atoms with Crippen LogP contribution in [0.3, 0.4) is 0 Å². The maximum Gasteiger partial charge on any atom is 0.0497 e. The molecule has 298 valence electrons. The van der Waals surface area contributed by atoms with E-state index in [9.17, 15) is 0 Å². The summed E-state index contributed by atoms with van der Waals surface area (Å²) in [5.74, 6) is 1.91. The molecule has 7 aromatic carbocycles. The summed E-state index contributed by atoms with van der Waals surface area (Å²) < 4.78 is 0. The van der Waals surface area contributed by atoms with Crippen molar-refractivity contribution in [2.75, 3.05) is 9.80 Å². The molecular formula is C60H48N2. The molecule has 2 aliphatic heterocycles. The summed E-state index contributed by atoms with van der Waals surface area (Å²) in [5.41, 5.74) is 20.2. The molecule has 0 radical (unpaired) electrons. The summed E-state index contributed by atoms with van der Waals surface area (Å²) in [7, 11) is 0. The van der Waals surface area contributed by atoms with Gasteiger partial charge in [-0.25, -0.2) is 0 Å². The van der Waals surface area contributed by atoms with Crippen LogP contribution in [0.1, 0.15) is 68.8 Å². The van der Waals surface area contributed by atoms with E-state index in [0.29, 0.717) is 23.7 Å². The highest BCUT2D eigenvalue weighted by atomic mass is 15.2. The monoisotopic (exact) mass is 796 g/mol. The summed E-state index contributed by atoms with van der Waals surface area (Å²) in [6, 6.07) is 54.9. The number of benzene rings is 7. The molecule has 2 heterocycles. The van der Waals surface area contributed by atoms with Gasteiger partial charge in [0.25, 0.3) is 0 Å². The van der Waals surface area contributed by atoms with Crippen molar-refractivity contribution >= 4 is 51.4 Å². The second-order valence-corrected chi connectivity index (χ2v) is 18.7. The minimum absolute atomic E-state index is 0.0651. The van der Waals surface area contributed by atoms with Crippen molar-refractivity contribution in [3.05, 3.63) is 244 Å². The van der Waals surface area contributed by atoms with Crippen molar-refractivity contribution in [3.63, 3.8) is 0 Å². The summed E-state index contributed by atoms with van der Waals surface area (Å²) in [4.78, 5) is 4.99. The molecule has 0 aromatic heterocycles. The molecule has 2 nitrogen and oxygen atoms in total. The first-order chi connectivity index (χ1) is 30.6. The Morgan fingerprint density at radius 1 is 0.532 bits per heavy atom. The number of hydrogen-bond donors (Lipinski definition) is 0. The number of aryl methyl sites for hydroxylation is 1. The fourth-order valence-electron chi connectivity index (χ4n) is 12.4. The van der Waals surface area contributed by atoms with E-state index in [4.69, 9.17) is 0 Å². The zero-order valence-electron chi connectivity index (χ0n) is 35.1. The lowest BCUT2D eigenvalue weighted by atomic mass is 9.69. The van der Waals surface area contributed by atoms with Gasteiger partial charge in [-0.05, 0) is 141 Å². The van der Waals surface area contributed by atoms with Crippen molar-refractivity contribution in [1.82, 2.24) is 0 Å². The van der Waals surface area contributed by atoms with Crippen LogP contribution in [0.4, 0.5) is 28.4 Å². The Kier molecular flexibility index (Phi) is 7.98. The van der Waals surface area contributed by atoms with Crippen molar-refractivity contribution in [3.8, 4) is 0 Å². The predicted octanol–water partition coefficient (Wildman–Crippen LogP) is 15.0. The van der Waals surface area contributed by atoms with Gasteiger partial charge in [0, 0.05) is 58.3 Å². The van der Waals surface area contributed by atoms with Gasteiger partial charge in [-0.1, -0.05) is 157 Å². The highest BCUT2D eigenvalue weighted by molar-refractivity contribution is 5.93. The molecule has 4 atom stereocenters. The summed E-state index contributed by atoms with van der Waals surface area (Å²) in [6.45, 7) is 2.21. The third kappa shape index (κ3) is 5.55. The van der Waals surface area contributed by atoms with Crippen LogP contribution in [-0.4, -0.2) is 0 Å². The van der Waals surface area contributed by atoms with Gasteiger partial charge >= 0.3 is 0 Å². The molecule has 6 aliphatic rings. The molecule has 2 heteroatoms. The molecule has 13 rings (SSSR count). The van der Waals surface area contributed by atoms with Gasteiger partial charge in [0.05, 0.1) is 0 Å². The normalized spacial score (nSPS) is 23.5. The Morgan fingerprint density at radius 3 is 1.85 bits per heavy atom. The van der Waals surface area contributed by atoms with E-state index >= 15 is 0 Å². The maximum absolute atomic E-state index is 2.68. The molecule has 4 unspecified atom stereocenters. The van der Waals surface area contributed by atoms with Crippen molar-refractivity contribution in [1.29, 1.82) is 0 Å². The first-order valence-corrected chi connectivity index (χ1v) is 22.6. The molecular weight excluding hydrogens is 749 g/mol. The van der Waals surface area contributed by atoms with Gasteiger partial charge in [0.15, 0.2) is 0 Å². The lowest BCUT2D eigenvalue weighted by molar-refractivity contribution is 0.326. The molecule has 0 saturated heterocycles. The average Bonchev–Trinajstić information content (AvgIpc) is 3.83. The minimum atomic E-state index is 0.0651. The van der Waals surface area contributed by atoms with Crippen LogP contribution in [0.15, 0.2) is 194 Å². The highest BCUT2D eigenvalue weighted by Crippen LogP contribution is 2.64. The number of anilines is 5. The van der Waals surface area contributed by atoms with Crippen molar-refractivity contribution in [2.24, 2.45) is 17.8 Å². The first-order valence-electron chi connectivity index (χ1n) is 22.6. The summed E-state index contributed by atoms with van der Waals surface area (Å²) in [6.07, 6.45) is 26.2. The largest absolute Gasteiger partial charge is 0.310 e. The van der Waals surface area contributed by atoms with Crippen LogP contribution in [0.5, 0.6) is 0 Å². The fourth-order valence-corrected chi connectivity index (χ4v) is 12.4. The standard InChI is InChI=1S/C60H48N2/c1-39-18-29-59-49(30-39)34-46-12-6-9-17-58(46)62(59)51-26-28-53-52-27-22-41(32-54(52)60(55(53)36-51)37-47-13-2-3-14-48(47)38-60)20-19-40-21-23-43-35-50(25-24-42(43)31-40)61-56-15-7-4-10-44(56)33-45-11-5-8-16-57(45)61/h2-32,35-36,47-48,53,55H,33-34,37-38H2,1H3/b20-19+. The van der Waals surface area contributed by atoms with E-state index in [1.165, 1.54) is 102 Å². The second kappa shape index (κ2) is 13.8. The molecule has 62 heavy (non-hydrogen) atoms. The number of nitrogens with zero attached hydrogens (tertiary/aromatic N) is 2. The van der Waals surface area contributed by atoms with Gasteiger partial charge in [-0.15, -0.1) is 0 Å². The minimum Gasteiger partial charge on any atom is -0.310 e. The van der Waals surface area contributed by atoms with Crippen LogP contribution in [0, 0.1) is 24.7 Å². The Bertz CT molecular complexity index is 3090. The van der Waals surface area contributed by atoms with E-state index in [0.717, 1.165) is 12.8 Å². The average molecular weight is 797 g/mol. The van der Waals surface area contributed by atoms with Crippen molar-refractivity contribution < 1.29 is 0 Å². The SMILES string of the molecule is Cc1ccc2c(c1)Cc1ccccc1N2C1=CC2C(C=C1)c1ccc(/C=C/c3ccc4cc(N5c6ccccc6Cc6ccccc65)ccc4c3)cc1C21CC2C=CC=CC2C1. The Balaban J connectivity index is 0.843. The van der Waals surface area contributed by atoms with Crippen molar-refractivity contribution in [2.45, 2.75) is 43.9 Å². The Hall–Kier alpha value is -6.90. The predicted molar refractivity (Wildman–Crippen MR) is 259 cm³/mol. The molecule has 1 fully saturated rings. The lowest BCUT2D eigenvalue weighted by Crippen LogP contribution is -2.32. The number of hydrogen-bond acceptors (Lipinski definition) is 2. The molecule has 1 spiro atoms. The van der Waals surface area contributed by atoms with Gasteiger partial charge in [0.2, 0.25) is 0 Å². The van der Waals surface area contributed by atoms with Gasteiger partial charge in [-0.3, -0.25) is 0 Å². The van der Waals surface area contributed by atoms with E-state index in [1.807, 2.05) is 0 Å². The van der Waals surface area contributed by atoms with E-state index in [-0.39, 0.29) is 5.41 Å². The zero-order valence-corrected chi connectivity index (χ0v) is 35.1. The second-order valence-electron chi connectivity index (χ2n) is 18.7. The van der Waals surface area contributed by atoms with Crippen LogP contribution >= 0.6 is 0 Å². The lowest BCUT2D eigenvalue weighted by Gasteiger charge is -2.39. The van der Waals surface area contributed by atoms with Crippen LogP contribution in [-0.2, 0) is 18.3 Å². The van der Waals surface area contributed by atoms with E-state index in [2.05, 4.69) is 217 Å². The molecule has 0 N–H and O–H groups in total. The zero-order chi connectivity index (χ0) is 40.9. The van der Waals surface area contributed by atoms with Gasteiger partial charge in [0.1, 0.15) is 0 Å². The third-order valence-electron chi connectivity index (χ3n) is 15.2. The molecule has 4 aliphatic carbocycles. The third-order valence-corrected chi connectivity index (χ3v) is 15.2. The Labute approximate surface area is 365 Å². The first kappa shape index (κ1) is 35.8. The van der Waals surface area contributed by atoms with Crippen LogP contribution < -0.4 is 9.80 Å². The van der Waals surface area contributed by atoms with Crippen LogP contribution in [0.25, 0.3) is 22.9 Å². The number of allylic oxidation sites excluding steroid dienone is 7. The number of rotatable bonds is 4. The molecule has 7 aromatic rings. The van der Waals surface area contributed by atoms with E-state index < -0.39 is 0 Å². The number of para-hydroxylation sites is 3. The topological polar surface area (TPSA) is 6.48 Å². The van der Waals surface area contributed by atoms with Gasteiger partial charge < -0.3 is 9.80 Å². The highest BCUT2D eigenvalue weighted by Gasteiger charge is 2.56. The van der Waals surface area contributed by atoms with Gasteiger partial charge in [-0.2, -0.15) is 0 Å². The smallest absolute Gasteiger partial charge is 0.0497 e. The molecule has 1 saturated carbocycles. The molecule has 0 bridgehead atoms. The number of fused-ring (bicyclic) bond motifs is 11. The quantitative estimate of drug-likeness (QED) is 0.164. The Morgan fingerprint density at radius 2 is 1.13 bits per heavy atom. The van der Waals surface area contributed by atoms with E-state index in [1.54, 1.807) is 5.56 Å². The molecule has 0 amide bonds. The summed E-state index contributed by atoms with van der Waals surface area (Å²) in [5, 5.41) is 2.50. The summed E-state index contributed by atoms with van der Waals surface area (Å²) >= 11 is 0. The van der Waals surface area contributed by atoms with Crippen LogP contribution in [0.2, 0.25) is 0 Å².